The van der Waals surface area contributed by atoms with Gasteiger partial charge in [0, 0.05) is 48.4 Å². The third-order valence-electron chi connectivity index (χ3n) is 10.1. The number of benzene rings is 2. The molecule has 4 aromatic rings. The summed E-state index contributed by atoms with van der Waals surface area (Å²) in [5, 5.41) is 2.84. The van der Waals surface area contributed by atoms with Crippen molar-refractivity contribution in [3.8, 4) is 17.0 Å². The molecule has 11 heteroatoms. The largest absolute Gasteiger partial charge is 0.496 e. The number of halogens is 1. The van der Waals surface area contributed by atoms with Gasteiger partial charge in [-0.15, -0.1) is 0 Å². The highest BCUT2D eigenvalue weighted by Crippen LogP contribution is 2.58. The molecule has 234 valence electrons. The molecule has 3 heterocycles. The second kappa shape index (κ2) is 11.4. The normalized spacial score (nSPS) is 22.8. The molecule has 2 amide bonds. The molecule has 3 saturated carbocycles. The lowest BCUT2D eigenvalue weighted by Crippen LogP contribution is -2.55. The van der Waals surface area contributed by atoms with Gasteiger partial charge in [-0.25, -0.2) is 14.4 Å². The summed E-state index contributed by atoms with van der Waals surface area (Å²) < 4.78 is 26.6. The third-order valence-corrected chi connectivity index (χ3v) is 10.1. The van der Waals surface area contributed by atoms with Gasteiger partial charge in [-0.1, -0.05) is 24.3 Å². The number of hydrogen-bond acceptors (Lipinski definition) is 7. The summed E-state index contributed by atoms with van der Waals surface area (Å²) in [6, 6.07) is 11.6. The number of nitrogens with one attached hydrogen (secondary N) is 1. The number of hydrogen-bond donors (Lipinski definition) is 2. The molecule has 2 aromatic carbocycles. The monoisotopic (exact) mass is 612 g/mol. The van der Waals surface area contributed by atoms with Crippen molar-refractivity contribution in [1.29, 1.82) is 0 Å². The Labute approximate surface area is 260 Å². The Morgan fingerprint density at radius 3 is 2.44 bits per heavy atom. The van der Waals surface area contributed by atoms with E-state index in [1.54, 1.807) is 6.20 Å². The molecule has 8 rings (SSSR count). The summed E-state index contributed by atoms with van der Waals surface area (Å²) in [5.41, 5.74) is 9.48. The van der Waals surface area contributed by atoms with E-state index in [-0.39, 0.29) is 22.9 Å². The number of ether oxygens (including phenoxy) is 2. The molecule has 0 atom stereocenters. The first-order valence-corrected chi connectivity index (χ1v) is 15.5. The maximum Gasteiger partial charge on any atom is 0.255 e. The zero-order valence-corrected chi connectivity index (χ0v) is 25.4. The van der Waals surface area contributed by atoms with Crippen molar-refractivity contribution in [3.05, 3.63) is 77.6 Å². The molecule has 1 saturated heterocycles. The van der Waals surface area contributed by atoms with E-state index in [1.807, 2.05) is 35.4 Å². The van der Waals surface area contributed by atoms with Crippen LogP contribution in [0.25, 0.3) is 16.8 Å². The number of rotatable bonds is 7. The van der Waals surface area contributed by atoms with Gasteiger partial charge in [-0.05, 0) is 62.3 Å². The molecule has 2 bridgehead atoms. The van der Waals surface area contributed by atoms with Crippen LogP contribution in [0.1, 0.15) is 60.3 Å². The topological polar surface area (TPSA) is 124 Å². The number of carbonyl (C=O) groups is 2. The van der Waals surface area contributed by atoms with E-state index >= 15 is 0 Å². The Morgan fingerprint density at radius 1 is 1.04 bits per heavy atom. The number of morpholine rings is 1. The molecule has 3 N–H and O–H groups in total. The lowest BCUT2D eigenvalue weighted by molar-refractivity contribution is -0.153. The first kappa shape index (κ1) is 29.2. The van der Waals surface area contributed by atoms with Gasteiger partial charge < -0.3 is 25.4 Å². The highest BCUT2D eigenvalue weighted by atomic mass is 19.1. The number of fused-ring (bicyclic) bond motifs is 4. The van der Waals surface area contributed by atoms with Crippen LogP contribution in [0.15, 0.2) is 54.9 Å². The van der Waals surface area contributed by atoms with Crippen molar-refractivity contribution in [3.63, 3.8) is 0 Å². The summed E-state index contributed by atoms with van der Waals surface area (Å²) in [6.45, 7) is 2.84. The fourth-order valence-corrected chi connectivity index (χ4v) is 7.50. The lowest BCUT2D eigenvalue weighted by atomic mass is 9.53. The average Bonchev–Trinajstić information content (AvgIpc) is 3.50. The van der Waals surface area contributed by atoms with Gasteiger partial charge in [0.25, 0.3) is 5.91 Å². The number of methoxy groups -OCH3 is 1. The van der Waals surface area contributed by atoms with Gasteiger partial charge in [0.15, 0.2) is 0 Å². The summed E-state index contributed by atoms with van der Waals surface area (Å²) >= 11 is 0. The van der Waals surface area contributed by atoms with E-state index in [4.69, 9.17) is 20.2 Å². The molecule has 4 aliphatic rings. The maximum absolute atomic E-state index is 13.8. The minimum absolute atomic E-state index is 0.135. The number of amides is 2. The Balaban J connectivity index is 1.12. The first-order chi connectivity index (χ1) is 21.8. The molecule has 3 aliphatic carbocycles. The van der Waals surface area contributed by atoms with Gasteiger partial charge in [0.1, 0.15) is 34.4 Å². The van der Waals surface area contributed by atoms with Crippen molar-refractivity contribution in [1.82, 2.24) is 24.6 Å². The smallest absolute Gasteiger partial charge is 0.255 e. The highest BCUT2D eigenvalue weighted by Gasteiger charge is 2.55. The molecule has 10 nitrogen and oxygen atoms in total. The number of nitrogens with two attached hydrogens (primary N) is 1. The van der Waals surface area contributed by atoms with Crippen LogP contribution in [0, 0.1) is 11.2 Å². The number of carbonyl (C=O) groups excluding carboxylic acids is 2. The number of nitrogen functional groups attached to an aromatic ring is 1. The molecular formula is C34H37FN6O4. The van der Waals surface area contributed by atoms with Crippen molar-refractivity contribution < 1.29 is 23.5 Å². The van der Waals surface area contributed by atoms with Crippen LogP contribution < -0.4 is 15.8 Å². The van der Waals surface area contributed by atoms with Crippen LogP contribution in [0.2, 0.25) is 0 Å². The molecule has 45 heavy (non-hydrogen) atoms. The highest BCUT2D eigenvalue weighted by molar-refractivity contribution is 5.97. The fraction of sp³-hybridized carbons (Fsp3) is 0.412. The Kier molecular flexibility index (Phi) is 7.43. The van der Waals surface area contributed by atoms with Crippen molar-refractivity contribution >= 4 is 23.1 Å². The molecule has 0 unspecified atom stereocenters. The molecule has 0 radical (unpaired) electrons. The fourth-order valence-electron chi connectivity index (χ4n) is 7.50. The van der Waals surface area contributed by atoms with Crippen LogP contribution in [0.5, 0.6) is 5.75 Å². The van der Waals surface area contributed by atoms with Crippen LogP contribution in [-0.4, -0.2) is 64.5 Å². The number of aromatic nitrogens is 3. The molecular weight excluding hydrogens is 575 g/mol. The number of imidazole rings is 1. The predicted octanol–water partition coefficient (Wildman–Crippen LogP) is 4.51. The Hall–Kier alpha value is -4.51. The zero-order valence-electron chi connectivity index (χ0n) is 25.4. The van der Waals surface area contributed by atoms with Gasteiger partial charge >= 0.3 is 0 Å². The number of anilines is 1. The minimum atomic E-state index is -0.507. The Morgan fingerprint density at radius 2 is 1.76 bits per heavy atom. The quantitative estimate of drug-likeness (QED) is 0.315. The lowest BCUT2D eigenvalue weighted by Gasteiger charge is -2.53. The van der Waals surface area contributed by atoms with Gasteiger partial charge in [-0.2, -0.15) is 0 Å². The summed E-state index contributed by atoms with van der Waals surface area (Å²) in [5.74, 6) is 1.07. The van der Waals surface area contributed by atoms with Crippen molar-refractivity contribution in [2.24, 2.45) is 5.41 Å². The van der Waals surface area contributed by atoms with Gasteiger partial charge in [0.2, 0.25) is 5.91 Å². The Bertz CT molecular complexity index is 1740. The number of nitrogens with zero attached hydrogens (tertiary/aromatic N) is 4. The van der Waals surface area contributed by atoms with Crippen molar-refractivity contribution in [2.75, 3.05) is 39.1 Å². The molecule has 0 spiro atoms. The van der Waals surface area contributed by atoms with Gasteiger partial charge in [0.05, 0.1) is 25.9 Å². The van der Waals surface area contributed by atoms with E-state index < -0.39 is 11.7 Å². The van der Waals surface area contributed by atoms with Crippen LogP contribution >= 0.6 is 0 Å². The molecule has 2 aromatic heterocycles. The van der Waals surface area contributed by atoms with Crippen molar-refractivity contribution in [2.45, 2.75) is 50.5 Å². The van der Waals surface area contributed by atoms with E-state index in [1.165, 1.54) is 19.2 Å². The molecule has 4 fully saturated rings. The first-order valence-electron chi connectivity index (χ1n) is 15.5. The standard InChI is InChI=1S/C34H37FN6O4/c1-44-26-7-6-24(35)20-25(26)30(42)38-21-22-2-4-23(5-3-22)27-28-29(36)37-14-15-41(28)31(39-27)33-8-11-34(12-9-33,13-10-33)32(43)40-16-18-45-19-17-40/h2-7,14-15,20H,8-13,16-19,21H2,1H3,(H2,36,37)(H,38,42). The summed E-state index contributed by atoms with van der Waals surface area (Å²) in [6.07, 6.45) is 8.93. The second-order valence-electron chi connectivity index (χ2n) is 12.5. The minimum Gasteiger partial charge on any atom is -0.496 e. The third kappa shape index (κ3) is 5.08. The second-order valence-corrected chi connectivity index (χ2v) is 12.5. The van der Waals surface area contributed by atoms with E-state index in [9.17, 15) is 14.0 Å². The van der Waals surface area contributed by atoms with Crippen LogP contribution in [-0.2, 0) is 21.5 Å². The zero-order chi connectivity index (χ0) is 31.2. The predicted molar refractivity (Wildman–Crippen MR) is 166 cm³/mol. The summed E-state index contributed by atoms with van der Waals surface area (Å²) in [4.78, 5) is 38.0. The maximum atomic E-state index is 13.8. The SMILES string of the molecule is COc1ccc(F)cc1C(=O)NCc1ccc(-c2nc(C34CCC(C(=O)N5CCOCC5)(CC3)CC4)n3ccnc(N)c23)cc1. The van der Waals surface area contributed by atoms with E-state index in [2.05, 4.69) is 14.7 Å². The molecule has 1 aliphatic heterocycles. The summed E-state index contributed by atoms with van der Waals surface area (Å²) in [7, 11) is 1.44. The van der Waals surface area contributed by atoms with Gasteiger partial charge in [-0.3, -0.25) is 14.0 Å². The van der Waals surface area contributed by atoms with E-state index in [0.29, 0.717) is 43.8 Å². The van der Waals surface area contributed by atoms with Crippen LogP contribution in [0.4, 0.5) is 10.2 Å². The average molecular weight is 613 g/mol. The van der Waals surface area contributed by atoms with E-state index in [0.717, 1.165) is 72.8 Å². The van der Waals surface area contributed by atoms with Crippen LogP contribution in [0.3, 0.4) is 0 Å².